The Balaban J connectivity index is 2.61. The van der Waals surface area contributed by atoms with Gasteiger partial charge in [0.05, 0.1) is 5.56 Å². The second kappa shape index (κ2) is 5.81. The van der Waals surface area contributed by atoms with Gasteiger partial charge in [-0.25, -0.2) is 0 Å². The Kier molecular flexibility index (Phi) is 4.83. The van der Waals surface area contributed by atoms with E-state index in [0.717, 1.165) is 12.1 Å². The third-order valence-corrected chi connectivity index (χ3v) is 2.79. The number of hydrogen-bond acceptors (Lipinski definition) is 3. The quantitative estimate of drug-likeness (QED) is 0.502. The van der Waals surface area contributed by atoms with E-state index in [0.29, 0.717) is 0 Å². The fourth-order valence-electron chi connectivity index (χ4n) is 1.27. The largest absolute Gasteiger partial charge is 0.441 e. The van der Waals surface area contributed by atoms with Gasteiger partial charge in [-0.3, -0.25) is 0 Å². The zero-order chi connectivity index (χ0) is 14.7. The number of thioether (sulfide) groups is 1. The lowest BCUT2D eigenvalue weighted by atomic mass is 10.1. The molecule has 0 bridgehead atoms. The van der Waals surface area contributed by atoms with Crippen molar-refractivity contribution in [2.75, 3.05) is 23.3 Å². The molecule has 0 radical (unpaired) electrons. The molecule has 1 rings (SSSR count). The Morgan fingerprint density at radius 1 is 1.11 bits per heavy atom. The Bertz CT molecular complexity index is 429. The van der Waals surface area contributed by atoms with Crippen LogP contribution in [0.2, 0.25) is 0 Å². The number of nitrogen functional groups attached to an aromatic ring is 1. The Morgan fingerprint density at radius 2 is 1.74 bits per heavy atom. The summed E-state index contributed by atoms with van der Waals surface area (Å²) in [5, 5.41) is 2.48. The topological polar surface area (TPSA) is 38.0 Å². The minimum Gasteiger partial charge on any atom is -0.398 e. The molecule has 0 heterocycles. The van der Waals surface area contributed by atoms with Crippen molar-refractivity contribution in [3.8, 4) is 0 Å². The number of benzene rings is 1. The minimum absolute atomic E-state index is 0.0734. The molecule has 0 spiro atoms. The monoisotopic (exact) mass is 304 g/mol. The molecule has 1 aromatic carbocycles. The summed E-state index contributed by atoms with van der Waals surface area (Å²) in [5.74, 6) is -0.296. The molecular weight excluding hydrogens is 294 g/mol. The van der Waals surface area contributed by atoms with E-state index < -0.39 is 22.9 Å². The van der Waals surface area contributed by atoms with Crippen LogP contribution in [-0.2, 0) is 6.18 Å². The molecule has 0 saturated carbocycles. The first-order valence-electron chi connectivity index (χ1n) is 5.01. The van der Waals surface area contributed by atoms with Crippen LogP contribution in [0, 0.1) is 0 Å². The highest BCUT2D eigenvalue weighted by atomic mass is 32.2. The van der Waals surface area contributed by atoms with Crippen LogP contribution in [0.15, 0.2) is 18.2 Å². The van der Waals surface area contributed by atoms with Crippen molar-refractivity contribution in [1.29, 1.82) is 0 Å². The van der Waals surface area contributed by atoms with Crippen LogP contribution in [-0.4, -0.2) is 17.8 Å². The summed E-state index contributed by atoms with van der Waals surface area (Å²) in [4.78, 5) is 0. The molecule has 108 valence electrons. The molecular formula is C10H10F6N2S. The average Bonchev–Trinajstić information content (AvgIpc) is 2.23. The van der Waals surface area contributed by atoms with E-state index in [1.54, 1.807) is 0 Å². The van der Waals surface area contributed by atoms with Crippen LogP contribution in [0.25, 0.3) is 0 Å². The number of nitrogens with two attached hydrogens (primary N) is 1. The second-order valence-corrected chi connectivity index (χ2v) is 4.68. The van der Waals surface area contributed by atoms with Crippen molar-refractivity contribution in [2.45, 2.75) is 11.7 Å². The smallest absolute Gasteiger partial charge is 0.398 e. The summed E-state index contributed by atoms with van der Waals surface area (Å²) >= 11 is -0.244. The highest BCUT2D eigenvalue weighted by Crippen LogP contribution is 2.35. The molecule has 2 nitrogen and oxygen atoms in total. The zero-order valence-electron chi connectivity index (χ0n) is 9.40. The van der Waals surface area contributed by atoms with Gasteiger partial charge in [0, 0.05) is 23.7 Å². The highest BCUT2D eigenvalue weighted by molar-refractivity contribution is 8.00. The van der Waals surface area contributed by atoms with Gasteiger partial charge in [-0.1, -0.05) is 0 Å². The van der Waals surface area contributed by atoms with Crippen molar-refractivity contribution in [3.63, 3.8) is 0 Å². The van der Waals surface area contributed by atoms with Crippen molar-refractivity contribution in [2.24, 2.45) is 0 Å². The molecule has 0 amide bonds. The van der Waals surface area contributed by atoms with Crippen LogP contribution in [0.4, 0.5) is 37.7 Å². The Labute approximate surface area is 109 Å². The van der Waals surface area contributed by atoms with Crippen molar-refractivity contribution < 1.29 is 26.3 Å². The second-order valence-electron chi connectivity index (χ2n) is 3.52. The molecule has 0 aliphatic rings. The van der Waals surface area contributed by atoms with Gasteiger partial charge in [-0.05, 0) is 30.0 Å². The molecule has 0 atom stereocenters. The van der Waals surface area contributed by atoms with Crippen LogP contribution in [0.1, 0.15) is 5.56 Å². The fourth-order valence-corrected chi connectivity index (χ4v) is 1.71. The van der Waals surface area contributed by atoms with E-state index in [1.807, 2.05) is 0 Å². The van der Waals surface area contributed by atoms with E-state index >= 15 is 0 Å². The van der Waals surface area contributed by atoms with Crippen molar-refractivity contribution in [3.05, 3.63) is 23.8 Å². The SMILES string of the molecule is Nc1ccc(NCCSC(F)(F)F)cc1C(F)(F)F. The maximum Gasteiger partial charge on any atom is 0.441 e. The first-order valence-corrected chi connectivity index (χ1v) is 5.99. The van der Waals surface area contributed by atoms with Gasteiger partial charge in [0.25, 0.3) is 0 Å². The van der Waals surface area contributed by atoms with Gasteiger partial charge in [0.15, 0.2) is 0 Å². The van der Waals surface area contributed by atoms with E-state index in [9.17, 15) is 26.3 Å². The molecule has 0 fully saturated rings. The summed E-state index contributed by atoms with van der Waals surface area (Å²) in [6, 6.07) is 3.11. The maximum atomic E-state index is 12.5. The van der Waals surface area contributed by atoms with Gasteiger partial charge in [-0.15, -0.1) is 0 Å². The van der Waals surface area contributed by atoms with Crippen LogP contribution in [0.5, 0.6) is 0 Å². The molecule has 3 N–H and O–H groups in total. The van der Waals surface area contributed by atoms with E-state index in [2.05, 4.69) is 5.32 Å². The lowest BCUT2D eigenvalue weighted by Crippen LogP contribution is -2.12. The lowest BCUT2D eigenvalue weighted by Gasteiger charge is -2.13. The normalized spacial score (nSPS) is 12.5. The number of halogens is 6. The number of anilines is 2. The molecule has 0 aliphatic heterocycles. The molecule has 0 saturated heterocycles. The summed E-state index contributed by atoms with van der Waals surface area (Å²) < 4.78 is 73.0. The number of hydrogen-bond donors (Lipinski definition) is 2. The average molecular weight is 304 g/mol. The summed E-state index contributed by atoms with van der Waals surface area (Å²) in [7, 11) is 0. The van der Waals surface area contributed by atoms with E-state index in [1.165, 1.54) is 6.07 Å². The summed E-state index contributed by atoms with van der Waals surface area (Å²) in [5.41, 5.74) is -0.528. The molecule has 9 heteroatoms. The Hall–Kier alpha value is -1.25. The van der Waals surface area contributed by atoms with Crippen molar-refractivity contribution in [1.82, 2.24) is 0 Å². The highest BCUT2D eigenvalue weighted by Gasteiger charge is 2.33. The third-order valence-electron chi connectivity index (χ3n) is 2.06. The van der Waals surface area contributed by atoms with Crippen LogP contribution in [0.3, 0.4) is 0 Å². The molecule has 19 heavy (non-hydrogen) atoms. The third kappa shape index (κ3) is 5.50. The Morgan fingerprint density at radius 3 is 2.26 bits per heavy atom. The lowest BCUT2D eigenvalue weighted by molar-refractivity contribution is -0.136. The molecule has 0 aromatic heterocycles. The van der Waals surface area contributed by atoms with Gasteiger partial charge in [0.2, 0.25) is 0 Å². The summed E-state index contributed by atoms with van der Waals surface area (Å²) in [6.07, 6.45) is -4.59. The minimum atomic E-state index is -4.59. The van der Waals surface area contributed by atoms with Gasteiger partial charge >= 0.3 is 11.7 Å². The van der Waals surface area contributed by atoms with Crippen molar-refractivity contribution >= 4 is 23.1 Å². The standard InChI is InChI=1S/C10H10F6N2S/c11-9(12,13)7-5-6(1-2-8(7)17)18-3-4-19-10(14,15)16/h1-2,5,18H,3-4,17H2. The molecule has 0 unspecified atom stereocenters. The summed E-state index contributed by atoms with van der Waals surface area (Å²) in [6.45, 7) is -0.106. The fraction of sp³-hybridized carbons (Fsp3) is 0.400. The number of alkyl halides is 6. The van der Waals surface area contributed by atoms with Crippen LogP contribution >= 0.6 is 11.8 Å². The van der Waals surface area contributed by atoms with Gasteiger partial charge < -0.3 is 11.1 Å². The number of rotatable bonds is 4. The predicted octanol–water partition coefficient (Wildman–Crippen LogP) is 3.95. The molecule has 0 aliphatic carbocycles. The number of nitrogens with one attached hydrogen (secondary N) is 1. The zero-order valence-corrected chi connectivity index (χ0v) is 10.2. The van der Waals surface area contributed by atoms with Crippen LogP contribution < -0.4 is 11.1 Å². The first-order chi connectivity index (χ1) is 8.59. The van der Waals surface area contributed by atoms with E-state index in [4.69, 9.17) is 5.73 Å². The van der Waals surface area contributed by atoms with Gasteiger partial charge in [0.1, 0.15) is 0 Å². The predicted molar refractivity (Wildman–Crippen MR) is 62.9 cm³/mol. The molecule has 1 aromatic rings. The maximum absolute atomic E-state index is 12.5. The van der Waals surface area contributed by atoms with Gasteiger partial charge in [-0.2, -0.15) is 26.3 Å². The van der Waals surface area contributed by atoms with E-state index in [-0.39, 0.29) is 29.7 Å². The first kappa shape index (κ1) is 15.8.